The van der Waals surface area contributed by atoms with E-state index in [1.165, 1.54) is 0 Å². The zero-order valence-corrected chi connectivity index (χ0v) is 7.99. The average molecular weight is 176 g/mol. The molecule has 0 saturated heterocycles. The van der Waals surface area contributed by atoms with Gasteiger partial charge in [-0.05, 0) is 24.3 Å². The van der Waals surface area contributed by atoms with Gasteiger partial charge in [-0.1, -0.05) is 13.8 Å². The molecular weight excluding hydrogens is 160 g/mol. The molecule has 1 unspecified atom stereocenters. The van der Waals surface area contributed by atoms with Crippen LogP contribution < -0.4 is 0 Å². The molecule has 0 bridgehead atoms. The van der Waals surface area contributed by atoms with Crippen molar-refractivity contribution in [3.8, 4) is 0 Å². The first-order valence-corrected chi connectivity index (χ1v) is 5.14. The van der Waals surface area contributed by atoms with E-state index < -0.39 is 5.97 Å². The lowest BCUT2D eigenvalue weighted by Crippen LogP contribution is -2.09. The van der Waals surface area contributed by atoms with Gasteiger partial charge in [0.15, 0.2) is 0 Å². The molecule has 0 spiro atoms. The highest BCUT2D eigenvalue weighted by molar-refractivity contribution is 7.99. The average Bonchev–Trinajstić information content (AvgIpc) is 1.97. The summed E-state index contributed by atoms with van der Waals surface area (Å²) in [5, 5.41) is 8.53. The van der Waals surface area contributed by atoms with Crippen molar-refractivity contribution in [3.05, 3.63) is 0 Å². The van der Waals surface area contributed by atoms with Crippen LogP contribution >= 0.6 is 11.8 Å². The van der Waals surface area contributed by atoms with Crippen molar-refractivity contribution in [2.75, 3.05) is 11.5 Å². The number of rotatable bonds is 6. The van der Waals surface area contributed by atoms with Crippen LogP contribution in [0.1, 0.15) is 26.7 Å². The molecule has 3 heteroatoms. The lowest BCUT2D eigenvalue weighted by Gasteiger charge is -2.03. The Morgan fingerprint density at radius 2 is 2.27 bits per heavy atom. The predicted molar refractivity (Wildman–Crippen MR) is 49.0 cm³/mol. The van der Waals surface area contributed by atoms with Gasteiger partial charge in [-0.15, -0.1) is 0 Å². The number of thioether (sulfide) groups is 1. The number of carbonyl (C=O) groups is 1. The van der Waals surface area contributed by atoms with E-state index in [1.54, 1.807) is 6.92 Å². The van der Waals surface area contributed by atoms with E-state index in [0.29, 0.717) is 0 Å². The van der Waals surface area contributed by atoms with Gasteiger partial charge >= 0.3 is 5.97 Å². The Bertz CT molecular complexity index is 115. The van der Waals surface area contributed by atoms with Gasteiger partial charge < -0.3 is 5.11 Å². The molecule has 0 aromatic rings. The quantitative estimate of drug-likeness (QED) is 0.631. The Kier molecular flexibility index (Phi) is 6.42. The van der Waals surface area contributed by atoms with Crippen LogP contribution in [0.4, 0.5) is 0 Å². The van der Waals surface area contributed by atoms with Gasteiger partial charge in [0.05, 0.1) is 5.92 Å². The second kappa shape index (κ2) is 6.53. The van der Waals surface area contributed by atoms with E-state index in [2.05, 4.69) is 6.92 Å². The third-order valence-corrected chi connectivity index (χ3v) is 2.54. The molecule has 0 saturated carbocycles. The summed E-state index contributed by atoms with van der Waals surface area (Å²) in [4.78, 5) is 10.4. The third kappa shape index (κ3) is 6.23. The van der Waals surface area contributed by atoms with Crippen LogP contribution in [0.3, 0.4) is 0 Å². The summed E-state index contributed by atoms with van der Waals surface area (Å²) in [5.74, 6) is 1.37. The summed E-state index contributed by atoms with van der Waals surface area (Å²) in [6.45, 7) is 3.88. The van der Waals surface area contributed by atoms with Crippen LogP contribution in [-0.2, 0) is 4.79 Å². The molecule has 0 aliphatic carbocycles. The maximum atomic E-state index is 10.4. The standard InChI is InChI=1S/C8H16O2S/c1-3-11-6-4-5-7(2)8(9)10/h7H,3-6H2,1-2H3,(H,9,10). The maximum Gasteiger partial charge on any atom is 0.306 e. The first-order chi connectivity index (χ1) is 5.18. The smallest absolute Gasteiger partial charge is 0.306 e. The van der Waals surface area contributed by atoms with Crippen molar-refractivity contribution in [3.63, 3.8) is 0 Å². The molecule has 0 heterocycles. The van der Waals surface area contributed by atoms with Crippen LogP contribution in [0, 0.1) is 5.92 Å². The van der Waals surface area contributed by atoms with E-state index in [9.17, 15) is 4.79 Å². The molecule has 2 nitrogen and oxygen atoms in total. The fraction of sp³-hybridized carbons (Fsp3) is 0.875. The highest BCUT2D eigenvalue weighted by Gasteiger charge is 2.08. The van der Waals surface area contributed by atoms with Gasteiger partial charge in [-0.3, -0.25) is 4.79 Å². The Morgan fingerprint density at radius 3 is 2.73 bits per heavy atom. The predicted octanol–water partition coefficient (Wildman–Crippen LogP) is 2.24. The van der Waals surface area contributed by atoms with E-state index in [0.717, 1.165) is 24.3 Å². The molecule has 0 aliphatic rings. The first-order valence-electron chi connectivity index (χ1n) is 3.99. The number of carboxylic acids is 1. The largest absolute Gasteiger partial charge is 0.481 e. The SMILES string of the molecule is CCSCCCC(C)C(=O)O. The number of carboxylic acid groups (broad SMARTS) is 1. The molecule has 1 N–H and O–H groups in total. The maximum absolute atomic E-state index is 10.4. The van der Waals surface area contributed by atoms with Crippen LogP contribution in [0.25, 0.3) is 0 Å². The summed E-state index contributed by atoms with van der Waals surface area (Å²) >= 11 is 1.87. The second-order valence-electron chi connectivity index (χ2n) is 2.58. The number of hydrogen-bond acceptors (Lipinski definition) is 2. The van der Waals surface area contributed by atoms with Crippen molar-refractivity contribution < 1.29 is 9.90 Å². The lowest BCUT2D eigenvalue weighted by atomic mass is 10.1. The van der Waals surface area contributed by atoms with Crippen molar-refractivity contribution in [1.82, 2.24) is 0 Å². The van der Waals surface area contributed by atoms with Crippen molar-refractivity contribution in [1.29, 1.82) is 0 Å². The summed E-state index contributed by atoms with van der Waals surface area (Å²) < 4.78 is 0. The monoisotopic (exact) mass is 176 g/mol. The third-order valence-electron chi connectivity index (χ3n) is 1.55. The van der Waals surface area contributed by atoms with Crippen molar-refractivity contribution in [2.24, 2.45) is 5.92 Å². The molecule has 0 aliphatic heterocycles. The zero-order valence-electron chi connectivity index (χ0n) is 7.17. The molecule has 0 aromatic heterocycles. The van der Waals surface area contributed by atoms with E-state index in [-0.39, 0.29) is 5.92 Å². The summed E-state index contributed by atoms with van der Waals surface area (Å²) in [6, 6.07) is 0. The molecule has 11 heavy (non-hydrogen) atoms. The van der Waals surface area contributed by atoms with E-state index >= 15 is 0 Å². The van der Waals surface area contributed by atoms with Crippen LogP contribution in [0.5, 0.6) is 0 Å². The molecule has 1 atom stereocenters. The van der Waals surface area contributed by atoms with Gasteiger partial charge in [0.25, 0.3) is 0 Å². The Hall–Kier alpha value is -0.180. The topological polar surface area (TPSA) is 37.3 Å². The number of aliphatic carboxylic acids is 1. The van der Waals surface area contributed by atoms with Crippen LogP contribution in [0.2, 0.25) is 0 Å². The normalized spacial score (nSPS) is 12.9. The fourth-order valence-electron chi connectivity index (χ4n) is 0.759. The highest BCUT2D eigenvalue weighted by Crippen LogP contribution is 2.09. The van der Waals surface area contributed by atoms with Gasteiger partial charge in [-0.25, -0.2) is 0 Å². The molecular formula is C8H16O2S. The van der Waals surface area contributed by atoms with Gasteiger partial charge in [0.1, 0.15) is 0 Å². The zero-order chi connectivity index (χ0) is 8.69. The van der Waals surface area contributed by atoms with Gasteiger partial charge in [0.2, 0.25) is 0 Å². The molecule has 0 radical (unpaired) electrons. The minimum absolute atomic E-state index is 0.174. The summed E-state index contributed by atoms with van der Waals surface area (Å²) in [5.41, 5.74) is 0. The summed E-state index contributed by atoms with van der Waals surface area (Å²) in [6.07, 6.45) is 1.83. The second-order valence-corrected chi connectivity index (χ2v) is 3.97. The van der Waals surface area contributed by atoms with Crippen molar-refractivity contribution in [2.45, 2.75) is 26.7 Å². The molecule has 0 amide bonds. The van der Waals surface area contributed by atoms with Gasteiger partial charge in [0, 0.05) is 0 Å². The number of hydrogen-bond donors (Lipinski definition) is 1. The Morgan fingerprint density at radius 1 is 1.64 bits per heavy atom. The van der Waals surface area contributed by atoms with Gasteiger partial charge in [-0.2, -0.15) is 11.8 Å². The minimum Gasteiger partial charge on any atom is -0.481 e. The first kappa shape index (κ1) is 10.8. The van der Waals surface area contributed by atoms with E-state index in [4.69, 9.17) is 5.11 Å². The minimum atomic E-state index is -0.675. The molecule has 0 rings (SSSR count). The Labute approximate surface area is 72.4 Å². The highest BCUT2D eigenvalue weighted by atomic mass is 32.2. The van der Waals surface area contributed by atoms with E-state index in [1.807, 2.05) is 11.8 Å². The van der Waals surface area contributed by atoms with Crippen LogP contribution in [0.15, 0.2) is 0 Å². The molecule has 66 valence electrons. The fourth-order valence-corrected chi connectivity index (χ4v) is 1.42. The lowest BCUT2D eigenvalue weighted by molar-refractivity contribution is -0.141. The molecule has 0 aromatic carbocycles. The van der Waals surface area contributed by atoms with Crippen LogP contribution in [-0.4, -0.2) is 22.6 Å². The Balaban J connectivity index is 3.17. The molecule has 0 fully saturated rings. The van der Waals surface area contributed by atoms with Crippen molar-refractivity contribution >= 4 is 17.7 Å². The summed E-state index contributed by atoms with van der Waals surface area (Å²) in [7, 11) is 0.